The standard InChI is InChI=1S/C16H21N3O4/c1-3-7-19-8-6-11-4-5-12(9-13(11)19)18-15(22)17-10-16(2,23)14(20)21/h4-6,8-9,23H,3,7,10H2,1-2H3,(H,20,21)(H2,17,18,22). The average Bonchev–Trinajstić information content (AvgIpc) is 2.88. The number of hydrogen-bond donors (Lipinski definition) is 4. The first kappa shape index (κ1) is 16.8. The smallest absolute Gasteiger partial charge is 0.337 e. The van der Waals surface area contributed by atoms with Crippen molar-refractivity contribution in [1.82, 2.24) is 9.88 Å². The molecule has 0 aliphatic rings. The lowest BCUT2D eigenvalue weighted by molar-refractivity contribution is -0.155. The molecule has 7 nitrogen and oxygen atoms in total. The second kappa shape index (κ2) is 6.70. The molecule has 2 aromatic rings. The molecule has 7 heteroatoms. The minimum absolute atomic E-state index is 0.386. The van der Waals surface area contributed by atoms with Crippen molar-refractivity contribution in [2.45, 2.75) is 32.4 Å². The molecule has 1 heterocycles. The Morgan fingerprint density at radius 3 is 2.70 bits per heavy atom. The number of carbonyl (C=O) groups is 2. The molecule has 0 aliphatic heterocycles. The summed E-state index contributed by atoms with van der Waals surface area (Å²) in [6.45, 7) is 3.72. The molecule has 2 rings (SSSR count). The van der Waals surface area contributed by atoms with Crippen LogP contribution in [0.15, 0.2) is 30.5 Å². The van der Waals surface area contributed by atoms with Crippen LogP contribution in [0.25, 0.3) is 10.9 Å². The minimum atomic E-state index is -2.00. The fourth-order valence-electron chi connectivity index (χ4n) is 2.20. The van der Waals surface area contributed by atoms with E-state index in [9.17, 15) is 14.7 Å². The van der Waals surface area contributed by atoms with Gasteiger partial charge in [-0.05, 0) is 36.9 Å². The van der Waals surface area contributed by atoms with Gasteiger partial charge in [0.15, 0.2) is 5.60 Å². The first-order chi connectivity index (χ1) is 10.8. The summed E-state index contributed by atoms with van der Waals surface area (Å²) < 4.78 is 2.10. The largest absolute Gasteiger partial charge is 0.479 e. The molecule has 1 unspecified atom stereocenters. The number of anilines is 1. The van der Waals surface area contributed by atoms with Gasteiger partial charge in [0.25, 0.3) is 0 Å². The van der Waals surface area contributed by atoms with Crippen molar-refractivity contribution < 1.29 is 19.8 Å². The minimum Gasteiger partial charge on any atom is -0.479 e. The van der Waals surface area contributed by atoms with Crippen LogP contribution in [0.5, 0.6) is 0 Å². The van der Waals surface area contributed by atoms with Crippen LogP contribution in [0.3, 0.4) is 0 Å². The number of aliphatic carboxylic acids is 1. The summed E-state index contributed by atoms with van der Waals surface area (Å²) in [4.78, 5) is 22.6. The van der Waals surface area contributed by atoms with E-state index in [0.29, 0.717) is 5.69 Å². The zero-order chi connectivity index (χ0) is 17.0. The number of nitrogens with zero attached hydrogens (tertiary/aromatic N) is 1. The number of carboxylic acids is 1. The van der Waals surface area contributed by atoms with Gasteiger partial charge in [0.2, 0.25) is 0 Å². The highest BCUT2D eigenvalue weighted by molar-refractivity contribution is 5.93. The van der Waals surface area contributed by atoms with E-state index >= 15 is 0 Å². The normalized spacial score (nSPS) is 13.5. The van der Waals surface area contributed by atoms with Crippen LogP contribution in [0.4, 0.5) is 10.5 Å². The van der Waals surface area contributed by atoms with Gasteiger partial charge in [-0.25, -0.2) is 9.59 Å². The maximum Gasteiger partial charge on any atom is 0.337 e. The Morgan fingerprint density at radius 1 is 1.30 bits per heavy atom. The number of amides is 2. The molecule has 1 atom stereocenters. The molecule has 2 amide bonds. The van der Waals surface area contributed by atoms with Crippen LogP contribution in [0, 0.1) is 0 Å². The highest BCUT2D eigenvalue weighted by Crippen LogP contribution is 2.21. The van der Waals surface area contributed by atoms with Crippen molar-refractivity contribution in [2.24, 2.45) is 0 Å². The van der Waals surface area contributed by atoms with Crippen molar-refractivity contribution in [3.63, 3.8) is 0 Å². The Bertz CT molecular complexity index is 721. The fourth-order valence-corrected chi connectivity index (χ4v) is 2.20. The summed E-state index contributed by atoms with van der Waals surface area (Å²) in [5.74, 6) is -1.39. The zero-order valence-corrected chi connectivity index (χ0v) is 13.2. The Kier molecular flexibility index (Phi) is 4.90. The third-order valence-corrected chi connectivity index (χ3v) is 3.55. The van der Waals surface area contributed by atoms with Crippen LogP contribution in [-0.2, 0) is 11.3 Å². The molecular weight excluding hydrogens is 298 g/mol. The number of nitrogens with one attached hydrogen (secondary N) is 2. The lowest BCUT2D eigenvalue weighted by atomic mass is 10.1. The average molecular weight is 319 g/mol. The third-order valence-electron chi connectivity index (χ3n) is 3.55. The quantitative estimate of drug-likeness (QED) is 0.654. The molecule has 1 aromatic carbocycles. The number of benzene rings is 1. The molecule has 0 aliphatic carbocycles. The molecule has 1 aromatic heterocycles. The molecule has 0 bridgehead atoms. The Hall–Kier alpha value is -2.54. The predicted molar refractivity (Wildman–Crippen MR) is 87.5 cm³/mol. The molecule has 0 saturated carbocycles. The zero-order valence-electron chi connectivity index (χ0n) is 13.2. The number of rotatable bonds is 6. The van der Waals surface area contributed by atoms with Crippen molar-refractivity contribution in [3.8, 4) is 0 Å². The molecule has 124 valence electrons. The molecule has 0 spiro atoms. The van der Waals surface area contributed by atoms with Crippen LogP contribution >= 0.6 is 0 Å². The van der Waals surface area contributed by atoms with Crippen molar-refractivity contribution >= 4 is 28.6 Å². The highest BCUT2D eigenvalue weighted by Gasteiger charge is 2.30. The molecule has 4 N–H and O–H groups in total. The number of aryl methyl sites for hydroxylation is 1. The highest BCUT2D eigenvalue weighted by atomic mass is 16.4. The number of hydrogen-bond acceptors (Lipinski definition) is 3. The SMILES string of the molecule is CCCn1ccc2ccc(NC(=O)NCC(C)(O)C(=O)O)cc21. The Labute approximate surface area is 133 Å². The van der Waals surface area contributed by atoms with Gasteiger partial charge in [-0.3, -0.25) is 0 Å². The van der Waals surface area contributed by atoms with Gasteiger partial charge in [0.1, 0.15) is 0 Å². The monoisotopic (exact) mass is 319 g/mol. The van der Waals surface area contributed by atoms with Crippen LogP contribution in [0.2, 0.25) is 0 Å². The Morgan fingerprint density at radius 2 is 2.04 bits per heavy atom. The maximum atomic E-state index is 11.8. The van der Waals surface area contributed by atoms with Crippen molar-refractivity contribution in [1.29, 1.82) is 0 Å². The number of carboxylic acid groups (broad SMARTS) is 1. The molecule has 23 heavy (non-hydrogen) atoms. The summed E-state index contributed by atoms with van der Waals surface area (Å²) in [6.07, 6.45) is 3.01. The van der Waals surface area contributed by atoms with Crippen LogP contribution < -0.4 is 10.6 Å². The lowest BCUT2D eigenvalue weighted by Gasteiger charge is -2.18. The number of urea groups is 1. The molecule has 0 saturated heterocycles. The Balaban J connectivity index is 2.05. The van der Waals surface area contributed by atoms with Crippen molar-refractivity contribution in [2.75, 3.05) is 11.9 Å². The topological polar surface area (TPSA) is 104 Å². The lowest BCUT2D eigenvalue weighted by Crippen LogP contribution is -2.47. The summed E-state index contributed by atoms with van der Waals surface area (Å²) in [6, 6.07) is 6.98. The van der Waals surface area contributed by atoms with E-state index in [1.165, 1.54) is 0 Å². The predicted octanol–water partition coefficient (Wildman–Crippen LogP) is 2.01. The van der Waals surface area contributed by atoms with Crippen LogP contribution in [0.1, 0.15) is 20.3 Å². The molecule has 0 fully saturated rings. The van der Waals surface area contributed by atoms with E-state index in [4.69, 9.17) is 5.11 Å². The molecule has 0 radical (unpaired) electrons. The van der Waals surface area contributed by atoms with Gasteiger partial charge >= 0.3 is 12.0 Å². The second-order valence-electron chi connectivity index (χ2n) is 5.67. The number of carbonyl (C=O) groups excluding carboxylic acids is 1. The summed E-state index contributed by atoms with van der Waals surface area (Å²) in [5.41, 5.74) is -0.389. The van der Waals surface area contributed by atoms with Crippen LogP contribution in [-0.4, -0.2) is 38.9 Å². The van der Waals surface area contributed by atoms with E-state index in [2.05, 4.69) is 22.1 Å². The second-order valence-corrected chi connectivity index (χ2v) is 5.67. The third kappa shape index (κ3) is 4.01. The van der Waals surface area contributed by atoms with Gasteiger partial charge in [0, 0.05) is 18.4 Å². The number of fused-ring (bicyclic) bond motifs is 1. The summed E-state index contributed by atoms with van der Waals surface area (Å²) in [5, 5.41) is 24.4. The van der Waals surface area contributed by atoms with E-state index in [1.807, 2.05) is 24.4 Å². The van der Waals surface area contributed by atoms with Gasteiger partial charge < -0.3 is 25.4 Å². The first-order valence-electron chi connectivity index (χ1n) is 7.43. The summed E-state index contributed by atoms with van der Waals surface area (Å²) in [7, 11) is 0. The van der Waals surface area contributed by atoms with E-state index in [0.717, 1.165) is 30.8 Å². The van der Waals surface area contributed by atoms with Crippen molar-refractivity contribution in [3.05, 3.63) is 30.5 Å². The molecular formula is C16H21N3O4. The van der Waals surface area contributed by atoms with E-state index in [1.54, 1.807) is 6.07 Å². The van der Waals surface area contributed by atoms with E-state index in [-0.39, 0.29) is 6.54 Å². The number of aromatic nitrogens is 1. The first-order valence-corrected chi connectivity index (χ1v) is 7.43. The maximum absolute atomic E-state index is 11.8. The van der Waals surface area contributed by atoms with E-state index < -0.39 is 17.6 Å². The number of aliphatic hydroxyl groups is 1. The van der Waals surface area contributed by atoms with Gasteiger partial charge in [-0.2, -0.15) is 0 Å². The fraction of sp³-hybridized carbons (Fsp3) is 0.375. The van der Waals surface area contributed by atoms with Gasteiger partial charge in [0.05, 0.1) is 12.1 Å². The van der Waals surface area contributed by atoms with Gasteiger partial charge in [-0.1, -0.05) is 13.0 Å². The summed E-state index contributed by atoms with van der Waals surface area (Å²) >= 11 is 0. The van der Waals surface area contributed by atoms with Gasteiger partial charge in [-0.15, -0.1) is 0 Å².